The van der Waals surface area contributed by atoms with Crippen molar-refractivity contribution in [3.63, 3.8) is 0 Å². The number of hydrogen-bond donors (Lipinski definition) is 1. The van der Waals surface area contributed by atoms with Gasteiger partial charge in [-0.25, -0.2) is 0 Å². The van der Waals surface area contributed by atoms with E-state index in [0.717, 1.165) is 17.5 Å². The second kappa shape index (κ2) is 5.44. The van der Waals surface area contributed by atoms with Crippen LogP contribution in [-0.2, 0) is 0 Å². The molecule has 2 aromatic carbocycles. The molecule has 1 unspecified atom stereocenters. The second-order valence-electron chi connectivity index (χ2n) is 4.97. The zero-order chi connectivity index (χ0) is 14.8. The van der Waals surface area contributed by atoms with Gasteiger partial charge >= 0.3 is 0 Å². The molecule has 0 aliphatic carbocycles. The van der Waals surface area contributed by atoms with Crippen molar-refractivity contribution in [1.82, 2.24) is 15.0 Å². The normalized spacial score (nSPS) is 12.5. The molecular weight excluding hydrogens is 266 g/mol. The number of nitrogens with zero attached hydrogens (tertiary/aromatic N) is 3. The van der Waals surface area contributed by atoms with Gasteiger partial charge in [0.2, 0.25) is 0 Å². The molecule has 0 bridgehead atoms. The van der Waals surface area contributed by atoms with Crippen molar-refractivity contribution in [3.05, 3.63) is 42.5 Å². The maximum absolute atomic E-state index is 10.2. The fraction of sp³-hybridized carbons (Fsp3) is 0.250. The Kier molecular flexibility index (Phi) is 3.48. The Labute approximate surface area is 122 Å². The molecule has 1 heterocycles. The summed E-state index contributed by atoms with van der Waals surface area (Å²) in [5.41, 5.74) is 2.11. The SMILES string of the molecule is CCC(C)Oc1ccc(-n2nc3ccccc3n2)c(O)c1. The molecule has 1 N–H and O–H groups in total. The first-order valence-corrected chi connectivity index (χ1v) is 6.99. The predicted octanol–water partition coefficient (Wildman–Crippen LogP) is 3.30. The zero-order valence-corrected chi connectivity index (χ0v) is 12.0. The van der Waals surface area contributed by atoms with Crippen molar-refractivity contribution in [2.45, 2.75) is 26.4 Å². The van der Waals surface area contributed by atoms with Crippen molar-refractivity contribution < 1.29 is 9.84 Å². The van der Waals surface area contributed by atoms with E-state index < -0.39 is 0 Å². The molecule has 0 aliphatic heterocycles. The average molecular weight is 283 g/mol. The second-order valence-corrected chi connectivity index (χ2v) is 4.97. The topological polar surface area (TPSA) is 60.2 Å². The number of aromatic nitrogens is 3. The van der Waals surface area contributed by atoms with Crippen LogP contribution in [0.25, 0.3) is 16.7 Å². The van der Waals surface area contributed by atoms with Gasteiger partial charge in [-0.15, -0.1) is 15.0 Å². The van der Waals surface area contributed by atoms with Crippen LogP contribution in [0.2, 0.25) is 0 Å². The van der Waals surface area contributed by atoms with Crippen LogP contribution in [0.4, 0.5) is 0 Å². The number of phenols is 1. The summed E-state index contributed by atoms with van der Waals surface area (Å²) in [6.07, 6.45) is 1.02. The van der Waals surface area contributed by atoms with E-state index in [1.165, 1.54) is 4.80 Å². The maximum Gasteiger partial charge on any atom is 0.146 e. The van der Waals surface area contributed by atoms with Gasteiger partial charge in [0.05, 0.1) is 6.10 Å². The fourth-order valence-electron chi connectivity index (χ4n) is 2.03. The van der Waals surface area contributed by atoms with Crippen molar-refractivity contribution in [3.8, 4) is 17.2 Å². The molecule has 0 saturated heterocycles. The van der Waals surface area contributed by atoms with Crippen LogP contribution >= 0.6 is 0 Å². The average Bonchev–Trinajstić information content (AvgIpc) is 2.90. The molecule has 0 amide bonds. The summed E-state index contributed by atoms with van der Waals surface area (Å²) in [7, 11) is 0. The summed E-state index contributed by atoms with van der Waals surface area (Å²) in [5, 5.41) is 18.9. The summed E-state index contributed by atoms with van der Waals surface area (Å²) < 4.78 is 5.68. The number of aromatic hydroxyl groups is 1. The third-order valence-corrected chi connectivity index (χ3v) is 3.36. The number of ether oxygens (including phenoxy) is 1. The Morgan fingerprint density at radius 1 is 1.14 bits per heavy atom. The lowest BCUT2D eigenvalue weighted by atomic mass is 10.2. The summed E-state index contributed by atoms with van der Waals surface area (Å²) in [6, 6.07) is 12.7. The van der Waals surface area contributed by atoms with E-state index in [2.05, 4.69) is 17.1 Å². The first kappa shape index (κ1) is 13.4. The lowest BCUT2D eigenvalue weighted by molar-refractivity contribution is 0.216. The first-order chi connectivity index (χ1) is 10.2. The third kappa shape index (κ3) is 2.67. The number of rotatable bonds is 4. The monoisotopic (exact) mass is 283 g/mol. The Morgan fingerprint density at radius 2 is 1.81 bits per heavy atom. The van der Waals surface area contributed by atoms with Gasteiger partial charge in [-0.2, -0.15) is 0 Å². The minimum atomic E-state index is 0.0936. The van der Waals surface area contributed by atoms with Crippen LogP contribution < -0.4 is 4.74 Å². The van der Waals surface area contributed by atoms with Crippen LogP contribution in [-0.4, -0.2) is 26.2 Å². The lowest BCUT2D eigenvalue weighted by Gasteiger charge is -2.13. The minimum Gasteiger partial charge on any atom is -0.505 e. The summed E-state index contributed by atoms with van der Waals surface area (Å²) in [5.74, 6) is 0.735. The van der Waals surface area contributed by atoms with Gasteiger partial charge in [0.25, 0.3) is 0 Å². The number of phenolic OH excluding ortho intramolecular Hbond substituents is 1. The van der Waals surface area contributed by atoms with Crippen molar-refractivity contribution in [2.75, 3.05) is 0 Å². The van der Waals surface area contributed by atoms with Crippen molar-refractivity contribution in [1.29, 1.82) is 0 Å². The van der Waals surface area contributed by atoms with Gasteiger partial charge in [0, 0.05) is 6.07 Å². The van der Waals surface area contributed by atoms with Crippen LogP contribution in [0.1, 0.15) is 20.3 Å². The maximum atomic E-state index is 10.2. The van der Waals surface area contributed by atoms with Gasteiger partial charge in [0.1, 0.15) is 28.2 Å². The van der Waals surface area contributed by atoms with Gasteiger partial charge in [-0.3, -0.25) is 0 Å². The zero-order valence-electron chi connectivity index (χ0n) is 12.0. The van der Waals surface area contributed by atoms with Gasteiger partial charge in [-0.1, -0.05) is 19.1 Å². The van der Waals surface area contributed by atoms with E-state index in [1.54, 1.807) is 12.1 Å². The van der Waals surface area contributed by atoms with E-state index in [-0.39, 0.29) is 11.9 Å². The molecular formula is C16H17N3O2. The first-order valence-electron chi connectivity index (χ1n) is 6.99. The number of benzene rings is 2. The Hall–Kier alpha value is -2.56. The van der Waals surface area contributed by atoms with Crippen LogP contribution in [0, 0.1) is 0 Å². The van der Waals surface area contributed by atoms with Crippen LogP contribution in [0.15, 0.2) is 42.5 Å². The highest BCUT2D eigenvalue weighted by molar-refractivity contribution is 5.73. The van der Waals surface area contributed by atoms with Crippen molar-refractivity contribution in [2.24, 2.45) is 0 Å². The molecule has 0 saturated carbocycles. The molecule has 0 fully saturated rings. The van der Waals surface area contributed by atoms with E-state index in [0.29, 0.717) is 11.4 Å². The molecule has 1 aromatic heterocycles. The van der Waals surface area contributed by atoms with Gasteiger partial charge < -0.3 is 9.84 Å². The summed E-state index contributed by atoms with van der Waals surface area (Å²) >= 11 is 0. The Morgan fingerprint density at radius 3 is 2.38 bits per heavy atom. The standard InChI is InChI=1S/C16H17N3O2/c1-3-11(2)21-12-8-9-15(16(20)10-12)19-17-13-6-4-5-7-14(13)18-19/h4-11,20H,3H2,1-2H3. The molecule has 0 spiro atoms. The molecule has 5 nitrogen and oxygen atoms in total. The van der Waals surface area contributed by atoms with Crippen LogP contribution in [0.5, 0.6) is 11.5 Å². The quantitative estimate of drug-likeness (QED) is 0.798. The molecule has 3 aromatic rings. The van der Waals surface area contributed by atoms with E-state index in [1.807, 2.05) is 37.3 Å². The minimum absolute atomic E-state index is 0.0936. The van der Waals surface area contributed by atoms with Gasteiger partial charge in [-0.05, 0) is 37.6 Å². The molecule has 21 heavy (non-hydrogen) atoms. The molecule has 0 radical (unpaired) electrons. The third-order valence-electron chi connectivity index (χ3n) is 3.36. The molecule has 1 atom stereocenters. The molecule has 5 heteroatoms. The van der Waals surface area contributed by atoms with E-state index in [4.69, 9.17) is 4.74 Å². The highest BCUT2D eigenvalue weighted by atomic mass is 16.5. The molecule has 108 valence electrons. The number of hydrogen-bond acceptors (Lipinski definition) is 4. The Balaban J connectivity index is 1.95. The Bertz CT molecular complexity index is 734. The molecule has 3 rings (SSSR count). The van der Waals surface area contributed by atoms with E-state index >= 15 is 0 Å². The summed E-state index contributed by atoms with van der Waals surface area (Å²) in [4.78, 5) is 1.44. The highest BCUT2D eigenvalue weighted by Gasteiger charge is 2.10. The summed E-state index contributed by atoms with van der Waals surface area (Å²) in [6.45, 7) is 4.05. The van der Waals surface area contributed by atoms with E-state index in [9.17, 15) is 5.11 Å². The molecule has 0 aliphatic rings. The smallest absolute Gasteiger partial charge is 0.146 e. The predicted molar refractivity (Wildman–Crippen MR) is 80.9 cm³/mol. The highest BCUT2D eigenvalue weighted by Crippen LogP contribution is 2.27. The van der Waals surface area contributed by atoms with Crippen molar-refractivity contribution >= 4 is 11.0 Å². The lowest BCUT2D eigenvalue weighted by Crippen LogP contribution is -2.09. The van der Waals surface area contributed by atoms with Crippen LogP contribution in [0.3, 0.4) is 0 Å². The van der Waals surface area contributed by atoms with Gasteiger partial charge in [0.15, 0.2) is 0 Å². The fourth-order valence-corrected chi connectivity index (χ4v) is 2.03. The number of fused-ring (bicyclic) bond motifs is 1. The largest absolute Gasteiger partial charge is 0.505 e.